The van der Waals surface area contributed by atoms with E-state index in [0.29, 0.717) is 0 Å². The van der Waals surface area contributed by atoms with Crippen molar-refractivity contribution in [2.45, 2.75) is 26.7 Å². The van der Waals surface area contributed by atoms with Crippen LogP contribution < -0.4 is 0 Å². The Bertz CT molecular complexity index is 171. The molecule has 1 atom stereocenters. The second kappa shape index (κ2) is 8.07. The van der Waals surface area contributed by atoms with Crippen LogP contribution in [0.5, 0.6) is 0 Å². The molecule has 1 nitrogen and oxygen atoms in total. The fraction of sp³-hybridized carbons (Fsp3) is 0.625. The molecule has 0 radical (unpaired) electrons. The Morgan fingerprint density at radius 2 is 2.27 bits per heavy atom. The Morgan fingerprint density at radius 1 is 1.55 bits per heavy atom. The molecule has 3 heteroatoms. The minimum absolute atomic E-state index is 0.956. The van der Waals surface area contributed by atoms with Crippen molar-refractivity contribution in [3.05, 3.63) is 17.6 Å². The monoisotopic (exact) mass is 189 g/mol. The zero-order valence-electron chi connectivity index (χ0n) is 7.04. The molecule has 0 aromatic rings. The summed E-state index contributed by atoms with van der Waals surface area (Å²) >= 11 is 1.50. The van der Waals surface area contributed by atoms with Crippen molar-refractivity contribution < 1.29 is 4.57 Å². The Balaban J connectivity index is 3.59. The van der Waals surface area contributed by atoms with Crippen LogP contribution in [-0.2, 0) is 4.57 Å². The van der Waals surface area contributed by atoms with E-state index in [2.05, 4.69) is 12.7 Å². The van der Waals surface area contributed by atoms with Gasteiger partial charge in [-0.05, 0) is 18.9 Å². The predicted octanol–water partition coefficient (Wildman–Crippen LogP) is 3.95. The molecule has 0 N–H and O–H groups in total. The van der Waals surface area contributed by atoms with Gasteiger partial charge in [-0.2, -0.15) is 0 Å². The third kappa shape index (κ3) is 7.87. The molecule has 0 amide bonds. The standard InChI is InChI=1S/C8H14OPS/c1-3-5-6-7-10(9)11-8-4-2/h5,7H,3-4,8H2,1-2H3/q+1. The average Bonchev–Trinajstić information content (AvgIpc) is 2.01. The van der Waals surface area contributed by atoms with E-state index in [4.69, 9.17) is 0 Å². The predicted molar refractivity (Wildman–Crippen MR) is 53.3 cm³/mol. The van der Waals surface area contributed by atoms with E-state index in [0.717, 1.165) is 18.6 Å². The largest absolute Gasteiger partial charge is 0.449 e. The lowest BCUT2D eigenvalue weighted by Gasteiger charge is -1.76. The Labute approximate surface area is 73.5 Å². The summed E-state index contributed by atoms with van der Waals surface area (Å²) in [5, 5.41) is 0. The van der Waals surface area contributed by atoms with E-state index in [1.54, 1.807) is 5.82 Å². The second-order valence-electron chi connectivity index (χ2n) is 2.03. The number of hydrogen-bond donors (Lipinski definition) is 0. The van der Waals surface area contributed by atoms with Crippen LogP contribution in [0.4, 0.5) is 0 Å². The van der Waals surface area contributed by atoms with E-state index in [9.17, 15) is 4.57 Å². The fourth-order valence-electron chi connectivity index (χ4n) is 0.450. The highest BCUT2D eigenvalue weighted by atomic mass is 32.7. The lowest BCUT2D eigenvalue weighted by atomic mass is 10.5. The Hall–Kier alpha value is -0.0300. The van der Waals surface area contributed by atoms with E-state index in [1.807, 2.05) is 13.0 Å². The van der Waals surface area contributed by atoms with Crippen LogP contribution >= 0.6 is 18.4 Å². The highest BCUT2D eigenvalue weighted by Crippen LogP contribution is 2.38. The molecule has 62 valence electrons. The van der Waals surface area contributed by atoms with Crippen molar-refractivity contribution in [1.82, 2.24) is 0 Å². The van der Waals surface area contributed by atoms with Crippen LogP contribution in [0.15, 0.2) is 17.6 Å². The van der Waals surface area contributed by atoms with Crippen molar-refractivity contribution in [3.63, 3.8) is 0 Å². The quantitative estimate of drug-likeness (QED) is 0.481. The molecule has 0 aliphatic heterocycles. The third-order valence-corrected chi connectivity index (χ3v) is 3.76. The average molecular weight is 189 g/mol. The van der Waals surface area contributed by atoms with Crippen molar-refractivity contribution in [1.29, 1.82) is 0 Å². The summed E-state index contributed by atoms with van der Waals surface area (Å²) in [6, 6.07) is 0. The molecule has 0 aromatic carbocycles. The maximum Gasteiger partial charge on any atom is 0.449 e. The number of allylic oxidation sites excluding steroid dienone is 1. The normalized spacial score (nSPS) is 10.2. The van der Waals surface area contributed by atoms with Crippen LogP contribution in [0.2, 0.25) is 0 Å². The summed E-state index contributed by atoms with van der Waals surface area (Å²) in [6.45, 7) is 4.12. The smallest absolute Gasteiger partial charge is 0.0751 e. The van der Waals surface area contributed by atoms with Crippen LogP contribution in [0.1, 0.15) is 26.7 Å². The van der Waals surface area contributed by atoms with Gasteiger partial charge in [-0.1, -0.05) is 24.1 Å². The van der Waals surface area contributed by atoms with E-state index in [-0.39, 0.29) is 0 Å². The molecule has 0 aliphatic carbocycles. The summed E-state index contributed by atoms with van der Waals surface area (Å²) in [6.07, 6.45) is 3.93. The molecule has 0 saturated carbocycles. The SMILES string of the molecule is CCC=C=C[P+](=O)SCCC. The van der Waals surface area contributed by atoms with Gasteiger partial charge in [0.1, 0.15) is 11.4 Å². The van der Waals surface area contributed by atoms with Crippen LogP contribution in [-0.4, -0.2) is 5.75 Å². The summed E-state index contributed by atoms with van der Waals surface area (Å²) in [7, 11) is -1.20. The van der Waals surface area contributed by atoms with E-state index in [1.165, 1.54) is 11.4 Å². The number of hydrogen-bond acceptors (Lipinski definition) is 2. The van der Waals surface area contributed by atoms with Gasteiger partial charge in [0.2, 0.25) is 5.82 Å². The van der Waals surface area contributed by atoms with Gasteiger partial charge >= 0.3 is 7.00 Å². The highest BCUT2D eigenvalue weighted by molar-refractivity contribution is 8.52. The minimum Gasteiger partial charge on any atom is -0.0751 e. The van der Waals surface area contributed by atoms with Crippen LogP contribution in [0.25, 0.3) is 0 Å². The molecule has 0 spiro atoms. The zero-order valence-corrected chi connectivity index (χ0v) is 8.75. The lowest BCUT2D eigenvalue weighted by Crippen LogP contribution is -1.64. The topological polar surface area (TPSA) is 17.1 Å². The molecule has 0 aromatic heterocycles. The first-order valence-electron chi connectivity index (χ1n) is 3.81. The van der Waals surface area contributed by atoms with Crippen molar-refractivity contribution in [2.75, 3.05) is 5.75 Å². The van der Waals surface area contributed by atoms with Gasteiger partial charge in [0.15, 0.2) is 0 Å². The summed E-state index contributed by atoms with van der Waals surface area (Å²) in [5.41, 5.74) is 2.89. The van der Waals surface area contributed by atoms with Gasteiger partial charge in [-0.3, -0.25) is 0 Å². The van der Waals surface area contributed by atoms with Crippen LogP contribution in [0.3, 0.4) is 0 Å². The van der Waals surface area contributed by atoms with Gasteiger partial charge in [-0.15, -0.1) is 0 Å². The molecule has 1 unspecified atom stereocenters. The van der Waals surface area contributed by atoms with Crippen molar-refractivity contribution >= 4 is 18.4 Å². The van der Waals surface area contributed by atoms with Gasteiger partial charge in [0, 0.05) is 5.75 Å². The molecule has 0 bridgehead atoms. The van der Waals surface area contributed by atoms with Crippen molar-refractivity contribution in [2.24, 2.45) is 0 Å². The highest BCUT2D eigenvalue weighted by Gasteiger charge is 2.09. The summed E-state index contributed by atoms with van der Waals surface area (Å²) in [4.78, 5) is 0. The summed E-state index contributed by atoms with van der Waals surface area (Å²) in [5.74, 6) is 2.62. The Kier molecular flexibility index (Phi) is 8.05. The first-order chi connectivity index (χ1) is 5.31. The Morgan fingerprint density at radius 3 is 2.82 bits per heavy atom. The number of rotatable bonds is 5. The van der Waals surface area contributed by atoms with E-state index >= 15 is 0 Å². The molecule has 11 heavy (non-hydrogen) atoms. The first kappa shape index (κ1) is 11.0. The fourth-order valence-corrected chi connectivity index (χ4v) is 2.61. The van der Waals surface area contributed by atoms with E-state index < -0.39 is 7.00 Å². The maximum absolute atomic E-state index is 11.0. The van der Waals surface area contributed by atoms with Gasteiger partial charge in [0.05, 0.1) is 0 Å². The minimum atomic E-state index is -1.20. The molecule has 0 fully saturated rings. The van der Waals surface area contributed by atoms with Gasteiger partial charge in [-0.25, -0.2) is 0 Å². The molecule has 0 saturated heterocycles. The third-order valence-electron chi connectivity index (χ3n) is 0.925. The van der Waals surface area contributed by atoms with Crippen molar-refractivity contribution in [3.8, 4) is 0 Å². The summed E-state index contributed by atoms with van der Waals surface area (Å²) < 4.78 is 11.0. The molecule has 0 heterocycles. The zero-order chi connectivity index (χ0) is 8.53. The second-order valence-corrected chi connectivity index (χ2v) is 5.38. The van der Waals surface area contributed by atoms with Gasteiger partial charge in [0.25, 0.3) is 0 Å². The molecular weight excluding hydrogens is 175 g/mol. The maximum atomic E-state index is 11.0. The molecular formula is C8H14OPS+. The molecule has 0 aliphatic rings. The first-order valence-corrected chi connectivity index (χ1v) is 6.73. The lowest BCUT2D eigenvalue weighted by molar-refractivity contribution is 0.600. The molecule has 0 rings (SSSR count). The van der Waals surface area contributed by atoms with Crippen LogP contribution in [0, 0.1) is 0 Å². The van der Waals surface area contributed by atoms with Gasteiger partial charge < -0.3 is 0 Å².